The summed E-state index contributed by atoms with van der Waals surface area (Å²) in [5.74, 6) is 1.85. The second-order valence-corrected chi connectivity index (χ2v) is 7.29. The summed E-state index contributed by atoms with van der Waals surface area (Å²) in [4.78, 5) is 30.2. The lowest BCUT2D eigenvalue weighted by atomic mass is 10.2. The maximum Gasteiger partial charge on any atom is 0.272 e. The zero-order valence-corrected chi connectivity index (χ0v) is 15.0. The smallest absolute Gasteiger partial charge is 0.272 e. The summed E-state index contributed by atoms with van der Waals surface area (Å²) in [7, 11) is 0. The Morgan fingerprint density at radius 2 is 2.00 bits per heavy atom. The fourth-order valence-electron chi connectivity index (χ4n) is 3.55. The van der Waals surface area contributed by atoms with Crippen LogP contribution in [0, 0.1) is 0 Å². The number of hydrogen-bond donors (Lipinski definition) is 0. The lowest BCUT2D eigenvalue weighted by molar-refractivity contribution is 0.0682. The van der Waals surface area contributed by atoms with Gasteiger partial charge in [-0.25, -0.2) is 15.0 Å². The Balaban J connectivity index is 1.32. The number of amides is 1. The molecular weight excluding hydrogens is 352 g/mol. The van der Waals surface area contributed by atoms with Crippen molar-refractivity contribution in [3.63, 3.8) is 0 Å². The van der Waals surface area contributed by atoms with Crippen molar-refractivity contribution in [3.05, 3.63) is 35.5 Å². The standard InChI is InChI=1S/C17H18N6O2S/c24-17(13-9-18-14-10-25-7-6-23(13)14)22-4-2-21(3-5-22)16-15-12(1-8-26-15)19-11-20-16/h1,8-9,11H,2-7,10H2. The number of aromatic nitrogens is 4. The van der Waals surface area contributed by atoms with Gasteiger partial charge in [-0.05, 0) is 11.4 Å². The molecule has 5 rings (SSSR count). The van der Waals surface area contributed by atoms with E-state index in [2.05, 4.69) is 19.9 Å². The van der Waals surface area contributed by atoms with Crippen LogP contribution >= 0.6 is 11.3 Å². The van der Waals surface area contributed by atoms with Gasteiger partial charge in [0, 0.05) is 32.7 Å². The lowest BCUT2D eigenvalue weighted by Gasteiger charge is -2.35. The molecule has 2 aliphatic rings. The van der Waals surface area contributed by atoms with Crippen LogP contribution in [-0.2, 0) is 17.9 Å². The Bertz CT molecular complexity index is 959. The Morgan fingerprint density at radius 3 is 2.88 bits per heavy atom. The molecular formula is C17H18N6O2S. The first-order valence-corrected chi connectivity index (χ1v) is 9.54. The predicted molar refractivity (Wildman–Crippen MR) is 97.4 cm³/mol. The molecule has 0 N–H and O–H groups in total. The maximum absolute atomic E-state index is 12.9. The number of imidazole rings is 1. The molecule has 1 saturated heterocycles. The molecule has 8 nitrogen and oxygen atoms in total. The fourth-order valence-corrected chi connectivity index (χ4v) is 4.41. The van der Waals surface area contributed by atoms with Crippen LogP contribution < -0.4 is 4.90 Å². The molecule has 0 spiro atoms. The van der Waals surface area contributed by atoms with E-state index in [1.807, 2.05) is 20.9 Å². The molecule has 134 valence electrons. The summed E-state index contributed by atoms with van der Waals surface area (Å²) in [6.45, 7) is 4.67. The van der Waals surface area contributed by atoms with Gasteiger partial charge in [0.05, 0.1) is 23.0 Å². The molecule has 1 fully saturated rings. The molecule has 0 unspecified atom stereocenters. The van der Waals surface area contributed by atoms with Crippen LogP contribution in [0.3, 0.4) is 0 Å². The van der Waals surface area contributed by atoms with Crippen molar-refractivity contribution >= 4 is 33.3 Å². The third-order valence-corrected chi connectivity index (χ3v) is 5.84. The Hall–Kier alpha value is -2.52. The number of nitrogens with zero attached hydrogens (tertiary/aromatic N) is 6. The molecule has 3 aromatic rings. The van der Waals surface area contributed by atoms with E-state index in [9.17, 15) is 4.79 Å². The molecule has 0 aromatic carbocycles. The Labute approximate surface area is 154 Å². The molecule has 1 amide bonds. The number of anilines is 1. The molecule has 0 bridgehead atoms. The van der Waals surface area contributed by atoms with Crippen LogP contribution in [0.4, 0.5) is 5.82 Å². The van der Waals surface area contributed by atoms with E-state index >= 15 is 0 Å². The zero-order chi connectivity index (χ0) is 17.5. The number of rotatable bonds is 2. The minimum atomic E-state index is 0.0502. The number of ether oxygens (including phenoxy) is 1. The third kappa shape index (κ3) is 2.55. The summed E-state index contributed by atoms with van der Waals surface area (Å²) in [6.07, 6.45) is 3.29. The van der Waals surface area contributed by atoms with Gasteiger partial charge < -0.3 is 19.1 Å². The van der Waals surface area contributed by atoms with Crippen molar-refractivity contribution in [1.29, 1.82) is 0 Å². The zero-order valence-electron chi connectivity index (χ0n) is 14.2. The summed E-state index contributed by atoms with van der Waals surface area (Å²) >= 11 is 1.66. The van der Waals surface area contributed by atoms with Crippen molar-refractivity contribution in [2.75, 3.05) is 37.7 Å². The first kappa shape index (κ1) is 15.7. The lowest BCUT2D eigenvalue weighted by Crippen LogP contribution is -2.49. The highest BCUT2D eigenvalue weighted by Crippen LogP contribution is 2.28. The van der Waals surface area contributed by atoms with E-state index in [-0.39, 0.29) is 5.91 Å². The van der Waals surface area contributed by atoms with Crippen LogP contribution in [0.2, 0.25) is 0 Å². The van der Waals surface area contributed by atoms with E-state index < -0.39 is 0 Å². The van der Waals surface area contributed by atoms with Gasteiger partial charge in [-0.15, -0.1) is 11.3 Å². The second-order valence-electron chi connectivity index (χ2n) is 6.38. The van der Waals surface area contributed by atoms with Gasteiger partial charge >= 0.3 is 0 Å². The van der Waals surface area contributed by atoms with Gasteiger partial charge in [0.2, 0.25) is 0 Å². The van der Waals surface area contributed by atoms with Gasteiger partial charge in [-0.3, -0.25) is 4.79 Å². The molecule has 2 aliphatic heterocycles. The van der Waals surface area contributed by atoms with Crippen molar-refractivity contribution < 1.29 is 9.53 Å². The third-order valence-electron chi connectivity index (χ3n) is 4.94. The van der Waals surface area contributed by atoms with Crippen molar-refractivity contribution in [1.82, 2.24) is 24.4 Å². The predicted octanol–water partition coefficient (Wildman–Crippen LogP) is 1.38. The van der Waals surface area contributed by atoms with Gasteiger partial charge in [0.1, 0.15) is 30.3 Å². The number of carbonyl (C=O) groups is 1. The summed E-state index contributed by atoms with van der Waals surface area (Å²) in [5.41, 5.74) is 1.64. The molecule has 26 heavy (non-hydrogen) atoms. The molecule has 5 heterocycles. The first-order valence-electron chi connectivity index (χ1n) is 8.66. The number of fused-ring (bicyclic) bond motifs is 2. The summed E-state index contributed by atoms with van der Waals surface area (Å²) in [6, 6.07) is 2.01. The average Bonchev–Trinajstić information content (AvgIpc) is 3.34. The molecule has 0 atom stereocenters. The van der Waals surface area contributed by atoms with E-state index in [0.29, 0.717) is 38.5 Å². The number of thiophene rings is 1. The van der Waals surface area contributed by atoms with Gasteiger partial charge in [-0.2, -0.15) is 0 Å². The van der Waals surface area contributed by atoms with Crippen molar-refractivity contribution in [3.8, 4) is 0 Å². The molecule has 3 aromatic heterocycles. The molecule has 0 saturated carbocycles. The number of carbonyl (C=O) groups excluding carboxylic acids is 1. The van der Waals surface area contributed by atoms with Gasteiger partial charge in [0.25, 0.3) is 5.91 Å². The quantitative estimate of drug-likeness (QED) is 0.678. The Morgan fingerprint density at radius 1 is 1.12 bits per heavy atom. The maximum atomic E-state index is 12.9. The highest BCUT2D eigenvalue weighted by molar-refractivity contribution is 7.17. The normalized spacial score (nSPS) is 17.5. The monoisotopic (exact) mass is 370 g/mol. The molecule has 0 aliphatic carbocycles. The highest BCUT2D eigenvalue weighted by Gasteiger charge is 2.27. The van der Waals surface area contributed by atoms with Gasteiger partial charge in [0.15, 0.2) is 0 Å². The molecule has 9 heteroatoms. The van der Waals surface area contributed by atoms with E-state index in [1.165, 1.54) is 0 Å². The van der Waals surface area contributed by atoms with Crippen LogP contribution in [0.15, 0.2) is 24.0 Å². The number of hydrogen-bond acceptors (Lipinski definition) is 7. The summed E-state index contributed by atoms with van der Waals surface area (Å²) < 4.78 is 8.49. The minimum absolute atomic E-state index is 0.0502. The molecule has 0 radical (unpaired) electrons. The number of piperazine rings is 1. The van der Waals surface area contributed by atoms with Crippen LogP contribution in [-0.4, -0.2) is 63.1 Å². The van der Waals surface area contributed by atoms with Gasteiger partial charge in [-0.1, -0.05) is 0 Å². The largest absolute Gasteiger partial charge is 0.372 e. The van der Waals surface area contributed by atoms with E-state index in [1.54, 1.807) is 23.9 Å². The first-order chi connectivity index (χ1) is 12.8. The average molecular weight is 370 g/mol. The van der Waals surface area contributed by atoms with Crippen molar-refractivity contribution in [2.45, 2.75) is 13.2 Å². The minimum Gasteiger partial charge on any atom is -0.372 e. The van der Waals surface area contributed by atoms with Crippen molar-refractivity contribution in [2.24, 2.45) is 0 Å². The fraction of sp³-hybridized carbons (Fsp3) is 0.412. The van der Waals surface area contributed by atoms with E-state index in [4.69, 9.17) is 4.74 Å². The topological polar surface area (TPSA) is 76.4 Å². The SMILES string of the molecule is O=C(c1cnc2n1CCOC2)N1CCN(c2ncnc3ccsc23)CC1. The summed E-state index contributed by atoms with van der Waals surface area (Å²) in [5, 5.41) is 2.04. The second kappa shape index (κ2) is 6.33. The van der Waals surface area contributed by atoms with Crippen LogP contribution in [0.25, 0.3) is 10.2 Å². The Kier molecular flexibility index (Phi) is 3.83. The van der Waals surface area contributed by atoms with E-state index in [0.717, 1.165) is 34.9 Å². The highest BCUT2D eigenvalue weighted by atomic mass is 32.1. The van der Waals surface area contributed by atoms with Crippen LogP contribution in [0.1, 0.15) is 16.3 Å². The van der Waals surface area contributed by atoms with Crippen LogP contribution in [0.5, 0.6) is 0 Å².